The van der Waals surface area contributed by atoms with E-state index in [-0.39, 0.29) is 0 Å². The van der Waals surface area contributed by atoms with E-state index in [1.807, 2.05) is 23.7 Å². The van der Waals surface area contributed by atoms with Crippen LogP contribution in [0.2, 0.25) is 0 Å². The molecule has 26 heavy (non-hydrogen) atoms. The number of piperazine rings is 1. The highest BCUT2D eigenvalue weighted by molar-refractivity contribution is 7.10. The van der Waals surface area contributed by atoms with Crippen LogP contribution in [0.5, 0.6) is 0 Å². The van der Waals surface area contributed by atoms with Gasteiger partial charge in [0.2, 0.25) is 0 Å². The Kier molecular flexibility index (Phi) is 3.62. The van der Waals surface area contributed by atoms with Crippen molar-refractivity contribution < 1.29 is 9.28 Å². The molecular weight excluding hydrogens is 346 g/mol. The van der Waals surface area contributed by atoms with Gasteiger partial charge in [-0.1, -0.05) is 6.07 Å². The third-order valence-electron chi connectivity index (χ3n) is 6.29. The highest BCUT2D eigenvalue weighted by atomic mass is 32.1. The molecule has 0 radical (unpaired) electrons. The first kappa shape index (κ1) is 16.0. The van der Waals surface area contributed by atoms with Crippen LogP contribution in [0.4, 0.5) is 5.82 Å². The van der Waals surface area contributed by atoms with Gasteiger partial charge in [-0.2, -0.15) is 0 Å². The summed E-state index contributed by atoms with van der Waals surface area (Å²) in [5, 5.41) is 3.11. The van der Waals surface area contributed by atoms with Gasteiger partial charge in [0.25, 0.3) is 0 Å². The highest BCUT2D eigenvalue weighted by Gasteiger charge is 2.55. The summed E-state index contributed by atoms with van der Waals surface area (Å²) in [6.45, 7) is 1.75. The zero-order chi connectivity index (χ0) is 17.7. The monoisotopic (exact) mass is 368 g/mol. The van der Waals surface area contributed by atoms with Gasteiger partial charge in [0, 0.05) is 23.9 Å². The number of quaternary nitrogens is 1. The molecule has 2 unspecified atom stereocenters. The first-order valence-electron chi connectivity index (χ1n) is 9.11. The molecule has 2 bridgehead atoms. The molecule has 134 valence electrons. The van der Waals surface area contributed by atoms with Crippen LogP contribution >= 0.6 is 11.3 Å². The van der Waals surface area contributed by atoms with Gasteiger partial charge in [0.1, 0.15) is 29.9 Å². The standard InChI is InChI=1S/C19H22N5OS/c1-24(17(25)9-15-3-2-8-26-15)13-4-5-14(24)11-23(10-13)19-16-6-7-20-18(16)21-12-22-19/h2-3,6-8,12-14H,4-5,9-11H2,1H3,(H,20,21,22)/q+1. The van der Waals surface area contributed by atoms with E-state index in [9.17, 15) is 4.79 Å². The fraction of sp³-hybridized carbons (Fsp3) is 0.421. The van der Waals surface area contributed by atoms with Crippen molar-refractivity contribution in [2.75, 3.05) is 25.0 Å². The predicted molar refractivity (Wildman–Crippen MR) is 102 cm³/mol. The molecule has 3 aromatic rings. The molecule has 0 aliphatic carbocycles. The maximum atomic E-state index is 13.2. The minimum Gasteiger partial charge on any atom is -0.346 e. The lowest BCUT2D eigenvalue weighted by atomic mass is 10.1. The van der Waals surface area contributed by atoms with Gasteiger partial charge < -0.3 is 9.88 Å². The lowest BCUT2D eigenvalue weighted by Crippen LogP contribution is -2.67. The van der Waals surface area contributed by atoms with Crippen molar-refractivity contribution in [1.29, 1.82) is 0 Å². The largest absolute Gasteiger partial charge is 0.346 e. The summed E-state index contributed by atoms with van der Waals surface area (Å²) in [5.74, 6) is 1.35. The first-order valence-corrected chi connectivity index (χ1v) is 9.99. The Morgan fingerprint density at radius 2 is 2.12 bits per heavy atom. The second-order valence-corrected chi connectivity index (χ2v) is 8.56. The normalized spacial score (nSPS) is 28.0. The summed E-state index contributed by atoms with van der Waals surface area (Å²) in [6, 6.07) is 6.81. The minimum absolute atomic E-state index is 0.338. The van der Waals surface area contributed by atoms with E-state index in [1.165, 1.54) is 4.88 Å². The van der Waals surface area contributed by atoms with Gasteiger partial charge in [-0.15, -0.1) is 11.3 Å². The van der Waals surface area contributed by atoms with Gasteiger partial charge in [0.15, 0.2) is 0 Å². The minimum atomic E-state index is 0.338. The lowest BCUT2D eigenvalue weighted by molar-refractivity contribution is -0.871. The molecule has 2 fully saturated rings. The van der Waals surface area contributed by atoms with E-state index in [1.54, 1.807) is 17.7 Å². The molecule has 0 aromatic carbocycles. The Hall–Kier alpha value is -2.25. The second-order valence-electron chi connectivity index (χ2n) is 7.52. The van der Waals surface area contributed by atoms with Crippen molar-refractivity contribution >= 4 is 34.1 Å². The number of hydrogen-bond acceptors (Lipinski definition) is 5. The number of carbonyl (C=O) groups is 1. The number of aromatic amines is 1. The van der Waals surface area contributed by atoms with E-state index in [0.717, 1.165) is 42.8 Å². The molecule has 0 spiro atoms. The maximum Gasteiger partial charge on any atom is 0.319 e. The van der Waals surface area contributed by atoms with E-state index < -0.39 is 0 Å². The van der Waals surface area contributed by atoms with Crippen LogP contribution in [-0.4, -0.2) is 57.6 Å². The zero-order valence-electron chi connectivity index (χ0n) is 14.8. The van der Waals surface area contributed by atoms with Gasteiger partial charge in [-0.25, -0.2) is 14.8 Å². The Labute approximate surface area is 156 Å². The van der Waals surface area contributed by atoms with Gasteiger partial charge in [-0.3, -0.25) is 4.48 Å². The fourth-order valence-corrected chi connectivity index (χ4v) is 5.44. The first-order chi connectivity index (χ1) is 12.7. The average molecular weight is 368 g/mol. The van der Waals surface area contributed by atoms with Crippen LogP contribution in [0, 0.1) is 0 Å². The highest BCUT2D eigenvalue weighted by Crippen LogP contribution is 2.39. The molecular formula is C19H22N5OS+. The van der Waals surface area contributed by atoms with Crippen molar-refractivity contribution in [3.05, 3.63) is 41.0 Å². The summed E-state index contributed by atoms with van der Waals surface area (Å²) in [7, 11) is 2.15. The molecule has 5 rings (SSSR count). The predicted octanol–water partition coefficient (Wildman–Crippen LogP) is 2.59. The Bertz CT molecular complexity index is 936. The zero-order valence-corrected chi connectivity index (χ0v) is 15.6. The molecule has 3 aromatic heterocycles. The van der Waals surface area contributed by atoms with E-state index in [0.29, 0.717) is 28.9 Å². The quantitative estimate of drug-likeness (QED) is 0.722. The number of nitrogens with one attached hydrogen (secondary N) is 1. The topological polar surface area (TPSA) is 61.9 Å². The maximum absolute atomic E-state index is 13.2. The van der Waals surface area contributed by atoms with Crippen molar-refractivity contribution in [2.45, 2.75) is 31.3 Å². The summed E-state index contributed by atoms with van der Waals surface area (Å²) in [4.78, 5) is 28.7. The van der Waals surface area contributed by atoms with E-state index in [4.69, 9.17) is 0 Å². The van der Waals surface area contributed by atoms with Crippen molar-refractivity contribution in [3.63, 3.8) is 0 Å². The average Bonchev–Trinajstić information content (AvgIpc) is 3.34. The summed E-state index contributed by atoms with van der Waals surface area (Å²) in [5.41, 5.74) is 0.874. The third-order valence-corrected chi connectivity index (χ3v) is 7.16. The number of nitrogens with zero attached hydrogens (tertiary/aromatic N) is 4. The number of likely N-dealkylation sites (N-methyl/N-ethyl adjacent to an activating group) is 1. The van der Waals surface area contributed by atoms with Crippen LogP contribution in [0.1, 0.15) is 17.7 Å². The summed E-state index contributed by atoms with van der Waals surface area (Å²) >= 11 is 1.67. The van der Waals surface area contributed by atoms with Crippen molar-refractivity contribution in [2.24, 2.45) is 0 Å². The number of H-pyrrole nitrogens is 1. The van der Waals surface area contributed by atoms with E-state index >= 15 is 0 Å². The van der Waals surface area contributed by atoms with Gasteiger partial charge in [-0.05, 0) is 17.5 Å². The Morgan fingerprint density at radius 3 is 2.85 bits per heavy atom. The number of hydrogen-bond donors (Lipinski definition) is 1. The van der Waals surface area contributed by atoms with E-state index in [2.05, 4.69) is 33.0 Å². The number of aromatic nitrogens is 3. The van der Waals surface area contributed by atoms with Crippen molar-refractivity contribution in [1.82, 2.24) is 15.0 Å². The number of rotatable bonds is 3. The molecule has 1 N–H and O–H groups in total. The number of fused-ring (bicyclic) bond motifs is 3. The van der Waals surface area contributed by atoms with Crippen molar-refractivity contribution in [3.8, 4) is 0 Å². The Morgan fingerprint density at radius 1 is 1.31 bits per heavy atom. The SMILES string of the molecule is C[N+]1(C(=O)Cc2cccs2)C2CCC1CN(c1ncnc3[nH]ccc13)C2. The van der Waals surface area contributed by atoms with Crippen LogP contribution in [0.25, 0.3) is 11.0 Å². The van der Waals surface area contributed by atoms with Crippen LogP contribution < -0.4 is 4.90 Å². The molecule has 5 heterocycles. The number of amides is 1. The molecule has 1 amide bonds. The molecule has 0 saturated carbocycles. The van der Waals surface area contributed by atoms with Crippen LogP contribution in [0.15, 0.2) is 36.1 Å². The van der Waals surface area contributed by atoms with Gasteiger partial charge >= 0.3 is 5.91 Å². The Balaban J connectivity index is 1.42. The summed E-state index contributed by atoms with van der Waals surface area (Å²) < 4.78 is 0.579. The lowest BCUT2D eigenvalue weighted by Gasteiger charge is -2.46. The molecule has 6 nitrogen and oxygen atoms in total. The molecule has 2 atom stereocenters. The molecule has 2 aliphatic heterocycles. The molecule has 7 heteroatoms. The number of anilines is 1. The fourth-order valence-electron chi connectivity index (χ4n) is 4.75. The van der Waals surface area contributed by atoms with Crippen LogP contribution in [-0.2, 0) is 11.2 Å². The van der Waals surface area contributed by atoms with Gasteiger partial charge in [0.05, 0.1) is 31.9 Å². The molecule has 2 aliphatic rings. The number of thiophene rings is 1. The number of carbonyl (C=O) groups excluding carboxylic acids is 1. The second kappa shape index (κ2) is 5.89. The third kappa shape index (κ3) is 2.30. The smallest absolute Gasteiger partial charge is 0.319 e. The summed E-state index contributed by atoms with van der Waals surface area (Å²) in [6.07, 6.45) is 6.30. The van der Waals surface area contributed by atoms with Crippen LogP contribution in [0.3, 0.4) is 0 Å². The molecule has 2 saturated heterocycles.